The van der Waals surface area contributed by atoms with Crippen LogP contribution in [0.5, 0.6) is 0 Å². The number of hydrogen-bond acceptors (Lipinski definition) is 3. The van der Waals surface area contributed by atoms with Gasteiger partial charge in [0, 0.05) is 31.0 Å². The Morgan fingerprint density at radius 1 is 1.12 bits per heavy atom. The van der Waals surface area contributed by atoms with Crippen LogP contribution >= 0.6 is 0 Å². The molecule has 0 atom stereocenters. The van der Waals surface area contributed by atoms with Crippen molar-refractivity contribution in [3.05, 3.63) is 71.1 Å². The van der Waals surface area contributed by atoms with Crippen LogP contribution in [0.4, 0.5) is 4.79 Å². The van der Waals surface area contributed by atoms with Gasteiger partial charge in [0.25, 0.3) is 0 Å². The Balaban J connectivity index is 2.03. The maximum atomic E-state index is 11.3. The summed E-state index contributed by atoms with van der Waals surface area (Å²) in [6.45, 7) is 1.23. The Morgan fingerprint density at radius 2 is 1.83 bits per heavy atom. The first-order valence-corrected chi connectivity index (χ1v) is 8.06. The highest BCUT2D eigenvalue weighted by Gasteiger charge is 2.20. The van der Waals surface area contributed by atoms with Gasteiger partial charge < -0.3 is 10.0 Å². The maximum Gasteiger partial charge on any atom is 0.200 e. The van der Waals surface area contributed by atoms with Gasteiger partial charge in [-0.25, -0.2) is 0 Å². The van der Waals surface area contributed by atoms with Crippen LogP contribution in [0, 0.1) is 0 Å². The molecule has 2 heterocycles. The number of nitrogens with zero attached hydrogens (tertiary/aromatic N) is 2. The number of amides is 1. The highest BCUT2D eigenvalue weighted by Crippen LogP contribution is 2.32. The van der Waals surface area contributed by atoms with Crippen molar-refractivity contribution in [3.63, 3.8) is 0 Å². The first-order valence-electron chi connectivity index (χ1n) is 8.06. The van der Waals surface area contributed by atoms with Crippen molar-refractivity contribution in [3.8, 4) is 0 Å². The average Bonchev–Trinajstić information content (AvgIpc) is 2.63. The van der Waals surface area contributed by atoms with E-state index in [9.17, 15) is 9.90 Å². The molecule has 1 aliphatic rings. The molecule has 0 aliphatic carbocycles. The lowest BCUT2D eigenvalue weighted by atomic mass is 9.88. The van der Waals surface area contributed by atoms with E-state index in [4.69, 9.17) is 7.85 Å². The number of rotatable bonds is 3. The molecule has 120 valence electrons. The number of aromatic nitrogens is 1. The zero-order valence-electron chi connectivity index (χ0n) is 13.5. The van der Waals surface area contributed by atoms with E-state index < -0.39 is 0 Å². The molecule has 2 aromatic rings. The SMILES string of the molecule is [B]C(=O)N1CCC(=C(c2ccccc2)c2cncc(CO)c2)CC1. The van der Waals surface area contributed by atoms with Crippen LogP contribution < -0.4 is 0 Å². The molecule has 24 heavy (non-hydrogen) atoms. The van der Waals surface area contributed by atoms with Crippen LogP contribution in [-0.2, 0) is 6.61 Å². The summed E-state index contributed by atoms with van der Waals surface area (Å²) >= 11 is 0. The van der Waals surface area contributed by atoms with Crippen LogP contribution in [0.25, 0.3) is 5.57 Å². The summed E-state index contributed by atoms with van der Waals surface area (Å²) in [6, 6.07) is 12.1. The Kier molecular flexibility index (Phi) is 5.11. The number of carbonyl (C=O) groups excluding carboxylic acids is 1. The Labute approximate surface area is 143 Å². The first-order chi connectivity index (χ1) is 11.7. The van der Waals surface area contributed by atoms with Crippen molar-refractivity contribution in [2.24, 2.45) is 0 Å². The lowest BCUT2D eigenvalue weighted by Crippen LogP contribution is -2.35. The Morgan fingerprint density at radius 3 is 2.46 bits per heavy atom. The Hall–Kier alpha value is -2.40. The van der Waals surface area contributed by atoms with Gasteiger partial charge in [-0.15, -0.1) is 0 Å². The molecule has 1 aromatic carbocycles. The molecule has 3 rings (SSSR count). The van der Waals surface area contributed by atoms with E-state index in [1.807, 2.05) is 30.5 Å². The van der Waals surface area contributed by atoms with Crippen LogP contribution in [-0.4, -0.2) is 41.7 Å². The predicted octanol–water partition coefficient (Wildman–Crippen LogP) is 2.76. The van der Waals surface area contributed by atoms with Gasteiger partial charge in [0.2, 0.25) is 7.85 Å². The predicted molar refractivity (Wildman–Crippen MR) is 94.6 cm³/mol. The smallest absolute Gasteiger partial charge is 0.200 e. The van der Waals surface area contributed by atoms with Crippen molar-refractivity contribution in [1.29, 1.82) is 0 Å². The second-order valence-corrected chi connectivity index (χ2v) is 5.91. The average molecular weight is 318 g/mol. The molecule has 1 aromatic heterocycles. The second kappa shape index (κ2) is 7.45. The normalized spacial score (nSPS) is 14.5. The zero-order valence-corrected chi connectivity index (χ0v) is 13.5. The van der Waals surface area contributed by atoms with Crippen LogP contribution in [0.3, 0.4) is 0 Å². The molecule has 0 saturated carbocycles. The summed E-state index contributed by atoms with van der Waals surface area (Å²) in [5, 5.41) is 9.41. The molecule has 0 unspecified atom stereocenters. The van der Waals surface area contributed by atoms with Gasteiger partial charge in [-0.3, -0.25) is 9.78 Å². The standard InChI is InChI=1S/C19H19BN2O2/c20-19(24)22-8-6-16(7-9-22)18(15-4-2-1-3-5-15)17-10-14(13-23)11-21-12-17/h1-5,10-12,23H,6-9,13H2. The maximum absolute atomic E-state index is 11.3. The van der Waals surface area contributed by atoms with Gasteiger partial charge in [-0.05, 0) is 35.6 Å². The minimum atomic E-state index is -0.362. The monoisotopic (exact) mass is 318 g/mol. The molecule has 1 saturated heterocycles. The summed E-state index contributed by atoms with van der Waals surface area (Å²) in [5.74, 6) is -0.362. The van der Waals surface area contributed by atoms with Crippen LogP contribution in [0.15, 0.2) is 54.4 Å². The number of pyridine rings is 1. The lowest BCUT2D eigenvalue weighted by molar-refractivity contribution is 0.217. The summed E-state index contributed by atoms with van der Waals surface area (Å²) in [4.78, 5) is 17.3. The minimum absolute atomic E-state index is 0.0340. The van der Waals surface area contributed by atoms with E-state index >= 15 is 0 Å². The molecule has 1 aliphatic heterocycles. The van der Waals surface area contributed by atoms with E-state index in [2.05, 4.69) is 17.1 Å². The van der Waals surface area contributed by atoms with E-state index in [1.54, 1.807) is 11.1 Å². The molecule has 2 radical (unpaired) electrons. The fourth-order valence-electron chi connectivity index (χ4n) is 3.14. The third-order valence-corrected chi connectivity index (χ3v) is 4.36. The van der Waals surface area contributed by atoms with E-state index in [0.29, 0.717) is 13.1 Å². The zero-order chi connectivity index (χ0) is 16.9. The van der Waals surface area contributed by atoms with Gasteiger partial charge in [0.1, 0.15) is 0 Å². The Bertz CT molecular complexity index is 749. The first kappa shape index (κ1) is 16.5. The molecule has 1 amide bonds. The minimum Gasteiger partial charge on any atom is -0.392 e. The number of aliphatic hydroxyl groups is 1. The molecule has 0 spiro atoms. The van der Waals surface area contributed by atoms with Crippen molar-refractivity contribution in [2.75, 3.05) is 13.1 Å². The summed E-state index contributed by atoms with van der Waals surface area (Å²) in [5.41, 5.74) is 5.33. The van der Waals surface area contributed by atoms with Gasteiger partial charge in [-0.2, -0.15) is 0 Å². The van der Waals surface area contributed by atoms with E-state index in [0.717, 1.165) is 35.1 Å². The fourth-order valence-corrected chi connectivity index (χ4v) is 3.14. The topological polar surface area (TPSA) is 53.4 Å². The number of hydrogen-bond donors (Lipinski definition) is 1. The summed E-state index contributed by atoms with van der Waals surface area (Å²) < 4.78 is 0. The molecule has 0 bridgehead atoms. The number of likely N-dealkylation sites (tertiary alicyclic amines) is 1. The third-order valence-electron chi connectivity index (χ3n) is 4.36. The van der Waals surface area contributed by atoms with Gasteiger partial charge in [0.15, 0.2) is 5.81 Å². The van der Waals surface area contributed by atoms with E-state index in [1.165, 1.54) is 5.57 Å². The fraction of sp³-hybridized carbons (Fsp3) is 0.263. The van der Waals surface area contributed by atoms with Gasteiger partial charge in [0.05, 0.1) is 6.61 Å². The third kappa shape index (κ3) is 3.57. The highest BCUT2D eigenvalue weighted by molar-refractivity contribution is 6.56. The molecular formula is C19H19BN2O2. The largest absolute Gasteiger partial charge is 0.392 e. The number of piperidine rings is 1. The van der Waals surface area contributed by atoms with Crippen molar-refractivity contribution in [2.45, 2.75) is 19.4 Å². The summed E-state index contributed by atoms with van der Waals surface area (Å²) in [6.07, 6.45) is 5.08. The van der Waals surface area contributed by atoms with Crippen LogP contribution in [0.2, 0.25) is 0 Å². The molecule has 1 N–H and O–H groups in total. The molecule has 4 nitrogen and oxygen atoms in total. The lowest BCUT2D eigenvalue weighted by Gasteiger charge is -2.30. The molecule has 1 fully saturated rings. The number of aliphatic hydroxyl groups excluding tert-OH is 1. The van der Waals surface area contributed by atoms with Crippen LogP contribution in [0.1, 0.15) is 29.5 Å². The number of benzene rings is 1. The van der Waals surface area contributed by atoms with Crippen molar-refractivity contribution < 1.29 is 9.90 Å². The quantitative estimate of drug-likeness (QED) is 0.886. The molecular weight excluding hydrogens is 299 g/mol. The summed E-state index contributed by atoms with van der Waals surface area (Å²) in [7, 11) is 5.38. The van der Waals surface area contributed by atoms with Gasteiger partial charge in [-0.1, -0.05) is 35.9 Å². The van der Waals surface area contributed by atoms with Crippen molar-refractivity contribution >= 4 is 19.2 Å². The van der Waals surface area contributed by atoms with Gasteiger partial charge >= 0.3 is 0 Å². The number of carbonyl (C=O) groups is 1. The highest BCUT2D eigenvalue weighted by atomic mass is 16.3. The second-order valence-electron chi connectivity index (χ2n) is 5.91. The van der Waals surface area contributed by atoms with Crippen molar-refractivity contribution in [1.82, 2.24) is 9.88 Å². The molecule has 5 heteroatoms. The van der Waals surface area contributed by atoms with E-state index in [-0.39, 0.29) is 12.4 Å².